The van der Waals surface area contributed by atoms with Crippen LogP contribution in [0, 0.1) is 11.6 Å². The predicted octanol–water partition coefficient (Wildman–Crippen LogP) is 4.36. The van der Waals surface area contributed by atoms with Crippen LogP contribution in [0.2, 0.25) is 5.02 Å². The average Bonchev–Trinajstić information content (AvgIpc) is 2.26. The second-order valence-electron chi connectivity index (χ2n) is 3.20. The molecule has 0 aliphatic carbocycles. The van der Waals surface area contributed by atoms with E-state index in [0.29, 0.717) is 10.7 Å². The number of benzene rings is 2. The molecule has 0 spiro atoms. The number of rotatable bonds is 2. The third-order valence-corrected chi connectivity index (χ3v) is 2.43. The molecule has 1 nitrogen and oxygen atoms in total. The fourth-order valence-electron chi connectivity index (χ4n) is 1.31. The number of anilines is 2. The summed E-state index contributed by atoms with van der Waals surface area (Å²) >= 11 is 5.87. The summed E-state index contributed by atoms with van der Waals surface area (Å²) in [4.78, 5) is 0. The molecule has 0 aliphatic heterocycles. The van der Waals surface area contributed by atoms with Gasteiger partial charge < -0.3 is 5.32 Å². The summed E-state index contributed by atoms with van der Waals surface area (Å²) < 4.78 is 26.6. The van der Waals surface area contributed by atoms with Gasteiger partial charge in [-0.05, 0) is 24.3 Å². The molecule has 82 valence electrons. The summed E-state index contributed by atoms with van der Waals surface area (Å²) in [5.74, 6) is -1.31. The van der Waals surface area contributed by atoms with E-state index in [-0.39, 0.29) is 5.69 Å². The van der Waals surface area contributed by atoms with Gasteiger partial charge in [-0.25, -0.2) is 8.78 Å². The minimum atomic E-state index is -0.653. The molecule has 2 aromatic carbocycles. The highest BCUT2D eigenvalue weighted by molar-refractivity contribution is 6.33. The van der Waals surface area contributed by atoms with Crippen molar-refractivity contribution in [3.8, 4) is 0 Å². The molecule has 2 aromatic rings. The third kappa shape index (κ3) is 2.14. The smallest absolute Gasteiger partial charge is 0.149 e. The molecule has 0 fully saturated rings. The zero-order valence-electron chi connectivity index (χ0n) is 8.18. The Morgan fingerprint density at radius 3 is 2.12 bits per heavy atom. The van der Waals surface area contributed by atoms with Gasteiger partial charge in [0.05, 0.1) is 10.7 Å². The van der Waals surface area contributed by atoms with Gasteiger partial charge in [0.1, 0.15) is 17.3 Å². The third-order valence-electron chi connectivity index (χ3n) is 2.10. The van der Waals surface area contributed by atoms with Gasteiger partial charge in [-0.2, -0.15) is 0 Å². The van der Waals surface area contributed by atoms with Gasteiger partial charge in [-0.1, -0.05) is 29.8 Å². The molecule has 4 heteroatoms. The Kier molecular flexibility index (Phi) is 3.06. The molecule has 0 radical (unpaired) electrons. The van der Waals surface area contributed by atoms with Crippen LogP contribution in [0.5, 0.6) is 0 Å². The molecule has 0 saturated heterocycles. The van der Waals surface area contributed by atoms with E-state index >= 15 is 0 Å². The highest BCUT2D eigenvalue weighted by atomic mass is 35.5. The molecule has 2 rings (SSSR count). The van der Waals surface area contributed by atoms with E-state index in [4.69, 9.17) is 11.6 Å². The standard InChI is InChI=1S/C12H8ClF2N/c13-8-4-1-2-7-11(8)16-12-9(14)5-3-6-10(12)15/h1-7,16H. The highest BCUT2D eigenvalue weighted by Crippen LogP contribution is 2.27. The van der Waals surface area contributed by atoms with Gasteiger partial charge in [-0.15, -0.1) is 0 Å². The molecule has 0 atom stereocenters. The molecule has 16 heavy (non-hydrogen) atoms. The van der Waals surface area contributed by atoms with E-state index in [1.807, 2.05) is 0 Å². The lowest BCUT2D eigenvalue weighted by Gasteiger charge is -2.09. The zero-order valence-corrected chi connectivity index (χ0v) is 8.93. The molecule has 0 aliphatic rings. The first-order chi connectivity index (χ1) is 7.68. The van der Waals surface area contributed by atoms with Crippen LogP contribution in [0.4, 0.5) is 20.2 Å². The zero-order chi connectivity index (χ0) is 11.5. The number of nitrogens with one attached hydrogen (secondary N) is 1. The lowest BCUT2D eigenvalue weighted by atomic mass is 10.2. The molecule has 0 amide bonds. The second-order valence-corrected chi connectivity index (χ2v) is 3.61. The monoisotopic (exact) mass is 239 g/mol. The van der Waals surface area contributed by atoms with Gasteiger partial charge in [0.25, 0.3) is 0 Å². The van der Waals surface area contributed by atoms with Gasteiger partial charge in [-0.3, -0.25) is 0 Å². The van der Waals surface area contributed by atoms with Crippen LogP contribution in [0.15, 0.2) is 42.5 Å². The van der Waals surface area contributed by atoms with Gasteiger partial charge >= 0.3 is 0 Å². The summed E-state index contributed by atoms with van der Waals surface area (Å²) in [5.41, 5.74) is 0.267. The molecule has 0 unspecified atom stereocenters. The maximum Gasteiger partial charge on any atom is 0.149 e. The lowest BCUT2D eigenvalue weighted by molar-refractivity contribution is 0.591. The summed E-state index contributed by atoms with van der Waals surface area (Å²) in [6, 6.07) is 10.4. The Hall–Kier alpha value is -1.61. The van der Waals surface area contributed by atoms with Crippen molar-refractivity contribution in [1.29, 1.82) is 0 Å². The van der Waals surface area contributed by atoms with E-state index in [2.05, 4.69) is 5.32 Å². The van der Waals surface area contributed by atoms with E-state index in [1.54, 1.807) is 24.3 Å². The van der Waals surface area contributed by atoms with Crippen LogP contribution in [0.25, 0.3) is 0 Å². The quantitative estimate of drug-likeness (QED) is 0.821. The second kappa shape index (κ2) is 4.49. The maximum absolute atomic E-state index is 13.3. The molecule has 0 saturated carbocycles. The van der Waals surface area contributed by atoms with Crippen molar-refractivity contribution in [3.63, 3.8) is 0 Å². The van der Waals surface area contributed by atoms with Crippen molar-refractivity contribution >= 4 is 23.0 Å². The van der Waals surface area contributed by atoms with E-state index in [1.165, 1.54) is 18.2 Å². The SMILES string of the molecule is Fc1cccc(F)c1Nc1ccccc1Cl. The van der Waals surface area contributed by atoms with Crippen LogP contribution in [0.1, 0.15) is 0 Å². The summed E-state index contributed by atoms with van der Waals surface area (Å²) in [6.07, 6.45) is 0. The summed E-state index contributed by atoms with van der Waals surface area (Å²) in [6.45, 7) is 0. The predicted molar refractivity (Wildman–Crippen MR) is 61.1 cm³/mol. The lowest BCUT2D eigenvalue weighted by Crippen LogP contribution is -1.97. The fourth-order valence-corrected chi connectivity index (χ4v) is 1.50. The fraction of sp³-hybridized carbons (Fsp3) is 0. The summed E-state index contributed by atoms with van der Waals surface area (Å²) in [7, 11) is 0. The van der Waals surface area contributed by atoms with Crippen LogP contribution < -0.4 is 5.32 Å². The molecular weight excluding hydrogens is 232 g/mol. The molecule has 0 aromatic heterocycles. The highest BCUT2D eigenvalue weighted by Gasteiger charge is 2.09. The first-order valence-corrected chi connectivity index (χ1v) is 5.02. The average molecular weight is 240 g/mol. The molecular formula is C12H8ClF2N. The Bertz CT molecular complexity index is 494. The van der Waals surface area contributed by atoms with Crippen LogP contribution >= 0.6 is 11.6 Å². The van der Waals surface area contributed by atoms with Crippen LogP contribution in [0.3, 0.4) is 0 Å². The normalized spacial score (nSPS) is 10.2. The summed E-state index contributed by atoms with van der Waals surface area (Å²) in [5, 5.41) is 3.03. The number of hydrogen-bond acceptors (Lipinski definition) is 1. The van der Waals surface area contributed by atoms with Crippen LogP contribution in [-0.4, -0.2) is 0 Å². The Morgan fingerprint density at radius 2 is 1.50 bits per heavy atom. The van der Waals surface area contributed by atoms with Crippen molar-refractivity contribution in [2.75, 3.05) is 5.32 Å². The van der Waals surface area contributed by atoms with Crippen molar-refractivity contribution < 1.29 is 8.78 Å². The van der Waals surface area contributed by atoms with Crippen molar-refractivity contribution in [3.05, 3.63) is 59.1 Å². The topological polar surface area (TPSA) is 12.0 Å². The van der Waals surface area contributed by atoms with Gasteiger partial charge in [0, 0.05) is 0 Å². The van der Waals surface area contributed by atoms with E-state index < -0.39 is 11.6 Å². The van der Waals surface area contributed by atoms with Crippen molar-refractivity contribution in [2.45, 2.75) is 0 Å². The van der Waals surface area contributed by atoms with Gasteiger partial charge in [0.2, 0.25) is 0 Å². The number of hydrogen-bond donors (Lipinski definition) is 1. The first kappa shape index (κ1) is 10.9. The Balaban J connectivity index is 2.38. The minimum Gasteiger partial charge on any atom is -0.350 e. The van der Waals surface area contributed by atoms with Crippen LogP contribution in [-0.2, 0) is 0 Å². The minimum absolute atomic E-state index is 0.199. The van der Waals surface area contributed by atoms with E-state index in [0.717, 1.165) is 0 Å². The largest absolute Gasteiger partial charge is 0.350 e. The van der Waals surface area contributed by atoms with Crippen molar-refractivity contribution in [2.24, 2.45) is 0 Å². The first-order valence-electron chi connectivity index (χ1n) is 4.64. The number of para-hydroxylation sites is 2. The number of halogens is 3. The Morgan fingerprint density at radius 1 is 0.875 bits per heavy atom. The van der Waals surface area contributed by atoms with Crippen molar-refractivity contribution in [1.82, 2.24) is 0 Å². The molecule has 0 heterocycles. The van der Waals surface area contributed by atoms with E-state index in [9.17, 15) is 8.78 Å². The maximum atomic E-state index is 13.3. The Labute approximate surface area is 96.7 Å². The molecule has 1 N–H and O–H groups in total. The molecule has 0 bridgehead atoms. The van der Waals surface area contributed by atoms with Gasteiger partial charge in [0.15, 0.2) is 0 Å².